The number of alkyl halides is 2. The molecule has 12 nitrogen and oxygen atoms in total. The van der Waals surface area contributed by atoms with Gasteiger partial charge in [0, 0.05) is 63.5 Å². The van der Waals surface area contributed by atoms with Crippen LogP contribution in [0, 0.1) is 5.82 Å². The molecule has 2 saturated heterocycles. The summed E-state index contributed by atoms with van der Waals surface area (Å²) in [5.74, 6) is -4.41. The first-order valence-electron chi connectivity index (χ1n) is 15.9. The van der Waals surface area contributed by atoms with E-state index >= 15 is 0 Å². The zero-order valence-corrected chi connectivity index (χ0v) is 26.8. The maximum atomic E-state index is 14.9. The van der Waals surface area contributed by atoms with Crippen molar-refractivity contribution in [2.75, 3.05) is 36.0 Å². The molecule has 6 rings (SSSR count). The van der Waals surface area contributed by atoms with Gasteiger partial charge in [0.15, 0.2) is 0 Å². The highest BCUT2D eigenvalue weighted by molar-refractivity contribution is 5.94. The fraction of sp³-hybridized carbons (Fsp3) is 0.562. The monoisotopic (exact) mass is 656 g/mol. The second kappa shape index (κ2) is 12.6. The second-order valence-corrected chi connectivity index (χ2v) is 13.5. The minimum Gasteiger partial charge on any atom is -0.444 e. The third-order valence-corrected chi connectivity index (χ3v) is 8.61. The Morgan fingerprint density at radius 2 is 1.64 bits per heavy atom. The number of rotatable bonds is 8. The lowest BCUT2D eigenvalue weighted by atomic mass is 9.94. The van der Waals surface area contributed by atoms with Crippen LogP contribution >= 0.6 is 0 Å². The van der Waals surface area contributed by atoms with Crippen molar-refractivity contribution in [3.8, 4) is 0 Å². The Hall–Kier alpha value is -4.43. The number of nitrogens with one attached hydrogen (secondary N) is 1. The Kier molecular flexibility index (Phi) is 8.74. The van der Waals surface area contributed by atoms with Crippen LogP contribution < -0.4 is 15.1 Å². The molecule has 1 aliphatic carbocycles. The van der Waals surface area contributed by atoms with Crippen molar-refractivity contribution >= 4 is 24.0 Å². The number of carbonyl (C=O) groups excluding carboxylic acids is 2. The first-order valence-corrected chi connectivity index (χ1v) is 15.9. The Morgan fingerprint density at radius 3 is 2.23 bits per heavy atom. The number of carbonyl (C=O) groups is 2. The molecule has 252 valence electrons. The summed E-state index contributed by atoms with van der Waals surface area (Å²) in [5.41, 5.74) is 0.125. The molecular formula is C32H39F3N8O4. The van der Waals surface area contributed by atoms with Crippen molar-refractivity contribution in [3.63, 3.8) is 0 Å². The van der Waals surface area contributed by atoms with Gasteiger partial charge >= 0.3 is 18.0 Å². The van der Waals surface area contributed by atoms with E-state index in [1.165, 1.54) is 18.5 Å². The normalized spacial score (nSPS) is 20.7. The van der Waals surface area contributed by atoms with Gasteiger partial charge in [-0.05, 0) is 58.1 Å². The van der Waals surface area contributed by atoms with E-state index in [-0.39, 0.29) is 35.7 Å². The number of amides is 2. The summed E-state index contributed by atoms with van der Waals surface area (Å²) in [7, 11) is 0. The highest BCUT2D eigenvalue weighted by Crippen LogP contribution is 2.35. The van der Waals surface area contributed by atoms with E-state index in [0.29, 0.717) is 56.1 Å². The van der Waals surface area contributed by atoms with Gasteiger partial charge in [-0.3, -0.25) is 4.79 Å². The van der Waals surface area contributed by atoms with E-state index in [1.54, 1.807) is 43.9 Å². The summed E-state index contributed by atoms with van der Waals surface area (Å²) in [6.07, 6.45) is 5.45. The van der Waals surface area contributed by atoms with Crippen LogP contribution in [0.25, 0.3) is 0 Å². The van der Waals surface area contributed by atoms with Crippen molar-refractivity contribution in [1.29, 1.82) is 0 Å². The summed E-state index contributed by atoms with van der Waals surface area (Å²) < 4.78 is 52.6. The van der Waals surface area contributed by atoms with Crippen molar-refractivity contribution in [2.45, 2.75) is 88.9 Å². The fourth-order valence-electron chi connectivity index (χ4n) is 6.25. The summed E-state index contributed by atoms with van der Waals surface area (Å²) in [4.78, 5) is 44.9. The van der Waals surface area contributed by atoms with Crippen molar-refractivity contribution < 1.29 is 32.0 Å². The molecule has 2 unspecified atom stereocenters. The van der Waals surface area contributed by atoms with Gasteiger partial charge in [0.25, 0.3) is 5.91 Å². The van der Waals surface area contributed by atoms with E-state index < -0.39 is 29.5 Å². The van der Waals surface area contributed by atoms with Gasteiger partial charge in [0.2, 0.25) is 11.8 Å². The number of hydrogen-bond acceptors (Lipinski definition) is 10. The van der Waals surface area contributed by atoms with E-state index in [1.807, 2.05) is 9.80 Å². The Labute approximate surface area is 270 Å². The summed E-state index contributed by atoms with van der Waals surface area (Å²) in [6, 6.07) is 6.11. The molecule has 3 aromatic rings. The molecule has 1 saturated carbocycles. The molecule has 3 fully saturated rings. The molecule has 2 aliphatic heterocycles. The lowest BCUT2D eigenvalue weighted by Gasteiger charge is -2.38. The average Bonchev–Trinajstić information content (AvgIpc) is 3.54. The van der Waals surface area contributed by atoms with Gasteiger partial charge in [-0.2, -0.15) is 13.8 Å². The van der Waals surface area contributed by atoms with Crippen molar-refractivity contribution in [3.05, 3.63) is 59.4 Å². The molecule has 1 N–H and O–H groups in total. The number of piperidine rings is 1. The van der Waals surface area contributed by atoms with E-state index in [0.717, 1.165) is 19.8 Å². The maximum absolute atomic E-state index is 14.9. The molecule has 0 bridgehead atoms. The van der Waals surface area contributed by atoms with Crippen LogP contribution in [0.4, 0.5) is 29.9 Å². The van der Waals surface area contributed by atoms with Crippen LogP contribution in [0.1, 0.15) is 81.0 Å². The molecule has 2 amide bonds. The van der Waals surface area contributed by atoms with Gasteiger partial charge in [-0.15, -0.1) is 0 Å². The van der Waals surface area contributed by atoms with Crippen molar-refractivity contribution in [2.24, 2.45) is 0 Å². The van der Waals surface area contributed by atoms with Gasteiger partial charge in [-0.1, -0.05) is 23.4 Å². The number of aromatic nitrogens is 4. The molecule has 47 heavy (non-hydrogen) atoms. The van der Waals surface area contributed by atoms with Gasteiger partial charge in [0.05, 0.1) is 11.6 Å². The van der Waals surface area contributed by atoms with E-state index in [2.05, 4.69) is 25.4 Å². The lowest BCUT2D eigenvalue weighted by molar-refractivity contribution is 0.00557. The third-order valence-electron chi connectivity index (χ3n) is 8.61. The molecule has 1 aromatic carbocycles. The Bertz CT molecular complexity index is 1580. The molecule has 15 heteroatoms. The largest absolute Gasteiger partial charge is 0.444 e. The molecular weight excluding hydrogens is 617 g/mol. The number of ether oxygens (including phenoxy) is 1. The fourth-order valence-corrected chi connectivity index (χ4v) is 6.25. The standard InChI is InChI=1S/C32H39F3N8O4/c1-31(2,3)46-30(45)38-25-18-42(17-23(25)22-7-5-6-8-24(22)33)28-36-15-19(16-37-28)26(44)43(20-9-10-20)21-11-13-41(14-12-21)29-39-27(40-47-29)32(4,34)35/h5-8,15-16,20-21,23,25H,9-14,17-18H2,1-4H3,(H,38,45). The lowest BCUT2D eigenvalue weighted by Crippen LogP contribution is -2.48. The molecule has 2 atom stereocenters. The second-order valence-electron chi connectivity index (χ2n) is 13.5. The molecule has 0 spiro atoms. The highest BCUT2D eigenvalue weighted by atomic mass is 19.3. The SMILES string of the molecule is CC(C)(C)OC(=O)NC1CN(c2ncc(C(=O)N(C3CC3)C3CCN(c4nc(C(C)(F)F)no4)CC3)cn2)CC1c1ccccc1F. The summed E-state index contributed by atoms with van der Waals surface area (Å²) in [6.45, 7) is 7.65. The van der Waals surface area contributed by atoms with Crippen LogP contribution in [-0.4, -0.2) is 86.9 Å². The van der Waals surface area contributed by atoms with Crippen LogP contribution in [0.5, 0.6) is 0 Å². The van der Waals surface area contributed by atoms with Crippen LogP contribution in [0.2, 0.25) is 0 Å². The molecule has 3 aliphatic rings. The quantitative estimate of drug-likeness (QED) is 0.358. The number of nitrogens with zero attached hydrogens (tertiary/aromatic N) is 7. The minimum absolute atomic E-state index is 0.0518. The topological polar surface area (TPSA) is 130 Å². The number of halogens is 3. The van der Waals surface area contributed by atoms with E-state index in [9.17, 15) is 22.8 Å². The predicted molar refractivity (Wildman–Crippen MR) is 165 cm³/mol. The smallest absolute Gasteiger partial charge is 0.407 e. The molecule has 2 aromatic heterocycles. The van der Waals surface area contributed by atoms with Crippen LogP contribution in [0.3, 0.4) is 0 Å². The third kappa shape index (κ3) is 7.43. The van der Waals surface area contributed by atoms with Gasteiger partial charge in [0.1, 0.15) is 11.4 Å². The Balaban J connectivity index is 1.13. The average molecular weight is 657 g/mol. The van der Waals surface area contributed by atoms with Crippen LogP contribution in [0.15, 0.2) is 41.2 Å². The zero-order chi connectivity index (χ0) is 33.5. The first-order chi connectivity index (χ1) is 22.3. The van der Waals surface area contributed by atoms with Gasteiger partial charge < -0.3 is 29.3 Å². The zero-order valence-electron chi connectivity index (χ0n) is 26.8. The first kappa shape index (κ1) is 32.5. The van der Waals surface area contributed by atoms with Crippen LogP contribution in [-0.2, 0) is 10.7 Å². The Morgan fingerprint density at radius 1 is 0.979 bits per heavy atom. The number of benzene rings is 1. The summed E-state index contributed by atoms with van der Waals surface area (Å²) >= 11 is 0. The van der Waals surface area contributed by atoms with Gasteiger partial charge in [-0.25, -0.2) is 19.2 Å². The predicted octanol–water partition coefficient (Wildman–Crippen LogP) is 4.88. The highest BCUT2D eigenvalue weighted by Gasteiger charge is 2.41. The number of hydrogen-bond donors (Lipinski definition) is 1. The molecule has 4 heterocycles. The van der Waals surface area contributed by atoms with Crippen molar-refractivity contribution in [1.82, 2.24) is 30.3 Å². The maximum Gasteiger partial charge on any atom is 0.407 e. The van der Waals surface area contributed by atoms with E-state index in [4.69, 9.17) is 9.26 Å². The number of anilines is 2. The minimum atomic E-state index is -3.19. The molecule has 0 radical (unpaired) electrons. The summed E-state index contributed by atoms with van der Waals surface area (Å²) in [5, 5.41) is 6.31. The number of alkyl carbamates (subject to hydrolysis) is 1.